The lowest BCUT2D eigenvalue weighted by molar-refractivity contribution is -0.0180. The molecule has 3 unspecified atom stereocenters. The molecule has 0 radical (unpaired) electrons. The maximum absolute atomic E-state index is 5.52. The highest BCUT2D eigenvalue weighted by Crippen LogP contribution is 2.34. The SMILES string of the molecule is CCNC1CCN(CC2(C)CCOCC2)C(C)C1C. The van der Waals surface area contributed by atoms with Crippen LogP contribution in [0.5, 0.6) is 0 Å². The summed E-state index contributed by atoms with van der Waals surface area (Å²) < 4.78 is 5.52. The molecule has 1 N–H and O–H groups in total. The Morgan fingerprint density at radius 2 is 1.95 bits per heavy atom. The van der Waals surface area contributed by atoms with Gasteiger partial charge in [0.25, 0.3) is 0 Å². The monoisotopic (exact) mass is 268 g/mol. The minimum Gasteiger partial charge on any atom is -0.381 e. The minimum absolute atomic E-state index is 0.469. The van der Waals surface area contributed by atoms with Gasteiger partial charge < -0.3 is 10.1 Å². The summed E-state index contributed by atoms with van der Waals surface area (Å²) in [5.74, 6) is 0.747. The van der Waals surface area contributed by atoms with Gasteiger partial charge in [-0.2, -0.15) is 0 Å². The standard InChI is InChI=1S/C16H32N2O/c1-5-17-15-6-9-18(14(3)13(15)2)12-16(4)7-10-19-11-8-16/h13-15,17H,5-12H2,1-4H3. The van der Waals surface area contributed by atoms with Crippen molar-refractivity contribution in [1.29, 1.82) is 0 Å². The van der Waals surface area contributed by atoms with Crippen LogP contribution in [0.3, 0.4) is 0 Å². The second-order valence-corrected chi connectivity index (χ2v) is 6.95. The van der Waals surface area contributed by atoms with Gasteiger partial charge in [0.05, 0.1) is 0 Å². The molecule has 2 aliphatic heterocycles. The van der Waals surface area contributed by atoms with Crippen LogP contribution in [0.2, 0.25) is 0 Å². The van der Waals surface area contributed by atoms with Crippen molar-refractivity contribution in [3.63, 3.8) is 0 Å². The van der Waals surface area contributed by atoms with Gasteiger partial charge in [0, 0.05) is 31.8 Å². The first-order chi connectivity index (χ1) is 9.06. The third-order valence-corrected chi connectivity index (χ3v) is 5.45. The van der Waals surface area contributed by atoms with Gasteiger partial charge in [0.15, 0.2) is 0 Å². The Balaban J connectivity index is 1.91. The predicted molar refractivity (Wildman–Crippen MR) is 80.4 cm³/mol. The molecule has 0 bridgehead atoms. The number of likely N-dealkylation sites (tertiary alicyclic amines) is 1. The van der Waals surface area contributed by atoms with Crippen molar-refractivity contribution >= 4 is 0 Å². The highest BCUT2D eigenvalue weighted by molar-refractivity contribution is 4.91. The molecule has 3 heteroatoms. The molecular weight excluding hydrogens is 236 g/mol. The fourth-order valence-corrected chi connectivity index (χ4v) is 3.73. The largest absolute Gasteiger partial charge is 0.381 e. The summed E-state index contributed by atoms with van der Waals surface area (Å²) in [5, 5.41) is 3.65. The van der Waals surface area contributed by atoms with Crippen LogP contribution >= 0.6 is 0 Å². The van der Waals surface area contributed by atoms with Gasteiger partial charge in [0.1, 0.15) is 0 Å². The van der Waals surface area contributed by atoms with Crippen LogP contribution in [0.15, 0.2) is 0 Å². The van der Waals surface area contributed by atoms with Crippen molar-refractivity contribution in [2.24, 2.45) is 11.3 Å². The molecule has 0 aliphatic carbocycles. The Morgan fingerprint density at radius 1 is 1.26 bits per heavy atom. The van der Waals surface area contributed by atoms with Crippen LogP contribution in [-0.4, -0.2) is 49.8 Å². The average Bonchev–Trinajstić information content (AvgIpc) is 2.39. The average molecular weight is 268 g/mol. The van der Waals surface area contributed by atoms with Gasteiger partial charge in [0.2, 0.25) is 0 Å². The smallest absolute Gasteiger partial charge is 0.0471 e. The van der Waals surface area contributed by atoms with E-state index in [0.717, 1.165) is 25.7 Å². The number of ether oxygens (including phenoxy) is 1. The van der Waals surface area contributed by atoms with Crippen LogP contribution in [0.4, 0.5) is 0 Å². The van der Waals surface area contributed by atoms with Crippen LogP contribution in [0.1, 0.15) is 47.0 Å². The first-order valence-corrected chi connectivity index (χ1v) is 8.11. The Bertz CT molecular complexity index is 276. The molecule has 2 rings (SSSR count). The zero-order chi connectivity index (χ0) is 13.9. The van der Waals surface area contributed by atoms with Gasteiger partial charge in [-0.1, -0.05) is 20.8 Å². The predicted octanol–water partition coefficient (Wildman–Crippen LogP) is 2.51. The Morgan fingerprint density at radius 3 is 2.58 bits per heavy atom. The normalized spacial score (nSPS) is 36.3. The van der Waals surface area contributed by atoms with Crippen molar-refractivity contribution in [2.75, 3.05) is 32.8 Å². The molecule has 2 aliphatic rings. The van der Waals surface area contributed by atoms with Crippen LogP contribution in [0.25, 0.3) is 0 Å². The number of piperidine rings is 1. The molecule has 0 saturated carbocycles. The molecule has 0 aromatic carbocycles. The van der Waals surface area contributed by atoms with Crippen LogP contribution < -0.4 is 5.32 Å². The number of rotatable bonds is 4. The van der Waals surface area contributed by atoms with Crippen molar-refractivity contribution in [3.8, 4) is 0 Å². The maximum Gasteiger partial charge on any atom is 0.0471 e. The molecular formula is C16H32N2O. The summed E-state index contributed by atoms with van der Waals surface area (Å²) in [5.41, 5.74) is 0.469. The zero-order valence-electron chi connectivity index (χ0n) is 13.2. The lowest BCUT2D eigenvalue weighted by Crippen LogP contribution is -2.55. The first-order valence-electron chi connectivity index (χ1n) is 8.11. The molecule has 3 nitrogen and oxygen atoms in total. The molecule has 0 aromatic heterocycles. The van der Waals surface area contributed by atoms with E-state index >= 15 is 0 Å². The topological polar surface area (TPSA) is 24.5 Å². The lowest BCUT2D eigenvalue weighted by atomic mass is 9.79. The van der Waals surface area contributed by atoms with E-state index < -0.39 is 0 Å². The number of hydrogen-bond donors (Lipinski definition) is 1. The highest BCUT2D eigenvalue weighted by Gasteiger charge is 2.36. The Kier molecular flexibility index (Phi) is 5.27. The molecule has 19 heavy (non-hydrogen) atoms. The third-order valence-electron chi connectivity index (χ3n) is 5.45. The van der Waals surface area contributed by atoms with Gasteiger partial charge in [-0.05, 0) is 50.6 Å². The Labute approximate surface area is 119 Å². The Hall–Kier alpha value is -0.120. The van der Waals surface area contributed by atoms with Crippen LogP contribution in [0, 0.1) is 11.3 Å². The van der Waals surface area contributed by atoms with E-state index in [9.17, 15) is 0 Å². The van der Waals surface area contributed by atoms with E-state index in [2.05, 4.69) is 37.9 Å². The fourth-order valence-electron chi connectivity index (χ4n) is 3.73. The summed E-state index contributed by atoms with van der Waals surface area (Å²) in [6.45, 7) is 15.0. The lowest BCUT2D eigenvalue weighted by Gasteiger charge is -2.47. The maximum atomic E-state index is 5.52. The molecule has 0 aromatic rings. The molecule has 0 spiro atoms. The molecule has 2 saturated heterocycles. The molecule has 112 valence electrons. The van der Waals surface area contributed by atoms with Crippen LogP contribution in [-0.2, 0) is 4.74 Å². The third kappa shape index (κ3) is 3.71. The highest BCUT2D eigenvalue weighted by atomic mass is 16.5. The number of nitrogens with one attached hydrogen (secondary N) is 1. The first kappa shape index (κ1) is 15.3. The van der Waals surface area contributed by atoms with E-state index in [0.29, 0.717) is 17.5 Å². The van der Waals surface area contributed by atoms with Gasteiger partial charge in [-0.3, -0.25) is 4.90 Å². The fraction of sp³-hybridized carbons (Fsp3) is 1.00. The summed E-state index contributed by atoms with van der Waals surface area (Å²) >= 11 is 0. The molecule has 3 atom stereocenters. The summed E-state index contributed by atoms with van der Waals surface area (Å²) in [7, 11) is 0. The van der Waals surface area contributed by atoms with Crippen molar-refractivity contribution in [1.82, 2.24) is 10.2 Å². The van der Waals surface area contributed by atoms with Gasteiger partial charge in [-0.25, -0.2) is 0 Å². The molecule has 2 fully saturated rings. The van der Waals surface area contributed by atoms with E-state index in [4.69, 9.17) is 4.74 Å². The second kappa shape index (κ2) is 6.55. The zero-order valence-corrected chi connectivity index (χ0v) is 13.2. The van der Waals surface area contributed by atoms with Crippen molar-refractivity contribution < 1.29 is 4.74 Å². The second-order valence-electron chi connectivity index (χ2n) is 6.95. The minimum atomic E-state index is 0.469. The number of nitrogens with zero attached hydrogens (tertiary/aromatic N) is 1. The summed E-state index contributed by atoms with van der Waals surface area (Å²) in [6.07, 6.45) is 3.74. The van der Waals surface area contributed by atoms with E-state index in [-0.39, 0.29) is 0 Å². The van der Waals surface area contributed by atoms with E-state index in [1.807, 2.05) is 0 Å². The summed E-state index contributed by atoms with van der Waals surface area (Å²) in [4.78, 5) is 2.73. The van der Waals surface area contributed by atoms with Crippen molar-refractivity contribution in [3.05, 3.63) is 0 Å². The van der Waals surface area contributed by atoms with E-state index in [1.165, 1.54) is 32.4 Å². The van der Waals surface area contributed by atoms with Gasteiger partial charge >= 0.3 is 0 Å². The van der Waals surface area contributed by atoms with E-state index in [1.54, 1.807) is 0 Å². The summed E-state index contributed by atoms with van der Waals surface area (Å²) in [6, 6.07) is 1.40. The van der Waals surface area contributed by atoms with Crippen molar-refractivity contribution in [2.45, 2.75) is 59.0 Å². The molecule has 2 heterocycles. The van der Waals surface area contributed by atoms with Gasteiger partial charge in [-0.15, -0.1) is 0 Å². The number of hydrogen-bond acceptors (Lipinski definition) is 3. The molecule has 0 amide bonds. The quantitative estimate of drug-likeness (QED) is 0.848.